The van der Waals surface area contributed by atoms with Crippen molar-refractivity contribution in [1.29, 1.82) is 0 Å². The minimum atomic E-state index is -0.0104. The van der Waals surface area contributed by atoms with E-state index in [9.17, 15) is 4.79 Å². The van der Waals surface area contributed by atoms with Crippen LogP contribution in [0.25, 0.3) is 0 Å². The molecule has 5 heteroatoms. The molecule has 1 aromatic heterocycles. The first kappa shape index (κ1) is 13.1. The Labute approximate surface area is 114 Å². The Morgan fingerprint density at radius 3 is 2.82 bits per heavy atom. The highest BCUT2D eigenvalue weighted by atomic mass is 79.9. The molecule has 2 heterocycles. The maximum atomic E-state index is 11.8. The van der Waals surface area contributed by atoms with Gasteiger partial charge in [-0.25, -0.2) is 0 Å². The molecule has 1 aromatic rings. The fourth-order valence-corrected chi connectivity index (χ4v) is 3.24. The van der Waals surface area contributed by atoms with E-state index in [0.717, 1.165) is 17.6 Å². The summed E-state index contributed by atoms with van der Waals surface area (Å²) in [5, 5.41) is 8.23. The average molecular weight is 317 g/mol. The van der Waals surface area contributed by atoms with Crippen molar-refractivity contribution in [3.63, 3.8) is 0 Å². The summed E-state index contributed by atoms with van der Waals surface area (Å²) in [5.74, 6) is 0.341. The Bertz CT molecular complexity index is 412. The number of hydrogen-bond acceptors (Lipinski definition) is 3. The second-order valence-corrected chi connectivity index (χ2v) is 6.91. The van der Waals surface area contributed by atoms with Crippen LogP contribution in [0, 0.1) is 5.92 Å². The van der Waals surface area contributed by atoms with Crippen LogP contribution >= 0.6 is 27.3 Å². The number of rotatable bonds is 4. The summed E-state index contributed by atoms with van der Waals surface area (Å²) in [6.07, 6.45) is 0. The van der Waals surface area contributed by atoms with Crippen LogP contribution in [0.2, 0.25) is 0 Å². The monoisotopic (exact) mass is 316 g/mol. The lowest BCUT2D eigenvalue weighted by Gasteiger charge is -2.29. The van der Waals surface area contributed by atoms with Gasteiger partial charge in [-0.15, -0.1) is 11.3 Å². The van der Waals surface area contributed by atoms with Crippen molar-refractivity contribution >= 4 is 33.2 Å². The van der Waals surface area contributed by atoms with E-state index in [2.05, 4.69) is 51.9 Å². The van der Waals surface area contributed by atoms with Crippen LogP contribution in [-0.4, -0.2) is 25.5 Å². The van der Waals surface area contributed by atoms with Gasteiger partial charge in [0.15, 0.2) is 0 Å². The van der Waals surface area contributed by atoms with Crippen LogP contribution in [0.4, 0.5) is 0 Å². The Morgan fingerprint density at radius 1 is 1.65 bits per heavy atom. The van der Waals surface area contributed by atoms with Crippen molar-refractivity contribution in [3.05, 3.63) is 20.8 Å². The molecule has 0 unspecified atom stereocenters. The first-order valence-electron chi connectivity index (χ1n) is 5.72. The van der Waals surface area contributed by atoms with Crippen molar-refractivity contribution in [2.45, 2.75) is 19.3 Å². The van der Waals surface area contributed by atoms with Gasteiger partial charge >= 0.3 is 0 Å². The molecule has 17 heavy (non-hydrogen) atoms. The molecule has 0 saturated carbocycles. The quantitative estimate of drug-likeness (QED) is 0.893. The zero-order valence-electron chi connectivity index (χ0n) is 10.0. The maximum Gasteiger partial charge on any atom is 0.225 e. The predicted octanol–water partition coefficient (Wildman–Crippen LogP) is 2.12. The molecule has 0 radical (unpaired) electrons. The number of carbonyl (C=O) groups is 1. The molecule has 0 aromatic carbocycles. The molecule has 0 bridgehead atoms. The van der Waals surface area contributed by atoms with Gasteiger partial charge in [0.05, 0.1) is 5.92 Å². The Balaban J connectivity index is 1.90. The summed E-state index contributed by atoms with van der Waals surface area (Å²) in [5.41, 5.74) is -0.0104. The summed E-state index contributed by atoms with van der Waals surface area (Å²) < 4.78 is 1.11. The van der Waals surface area contributed by atoms with E-state index in [0.29, 0.717) is 6.54 Å². The van der Waals surface area contributed by atoms with Crippen LogP contribution in [0.1, 0.15) is 18.7 Å². The lowest BCUT2D eigenvalue weighted by molar-refractivity contribution is -0.126. The lowest BCUT2D eigenvalue weighted by Crippen LogP contribution is -2.52. The van der Waals surface area contributed by atoms with Gasteiger partial charge in [-0.05, 0) is 22.0 Å². The summed E-state index contributed by atoms with van der Waals surface area (Å²) in [7, 11) is 0. The van der Waals surface area contributed by atoms with E-state index >= 15 is 0 Å². The molecule has 2 rings (SSSR count). The molecule has 0 atom stereocenters. The molecule has 0 spiro atoms. The van der Waals surface area contributed by atoms with E-state index < -0.39 is 0 Å². The Morgan fingerprint density at radius 2 is 2.35 bits per heavy atom. The minimum absolute atomic E-state index is 0.0104. The molecule has 1 aliphatic heterocycles. The Kier molecular flexibility index (Phi) is 3.90. The van der Waals surface area contributed by atoms with Crippen LogP contribution in [0.5, 0.6) is 0 Å². The van der Waals surface area contributed by atoms with Gasteiger partial charge in [-0.2, -0.15) is 0 Å². The Hall–Kier alpha value is -0.390. The number of thiophene rings is 1. The molecule has 1 amide bonds. The average Bonchev–Trinajstić information content (AvgIpc) is 2.60. The maximum absolute atomic E-state index is 11.8. The minimum Gasteiger partial charge on any atom is -0.355 e. The van der Waals surface area contributed by atoms with Crippen LogP contribution in [0.15, 0.2) is 15.9 Å². The lowest BCUT2D eigenvalue weighted by atomic mass is 9.91. The smallest absolute Gasteiger partial charge is 0.225 e. The topological polar surface area (TPSA) is 41.1 Å². The van der Waals surface area contributed by atoms with Gasteiger partial charge in [-0.3, -0.25) is 4.79 Å². The van der Waals surface area contributed by atoms with E-state index in [4.69, 9.17) is 0 Å². The second-order valence-electron chi connectivity index (χ2n) is 5.09. The number of amides is 1. The van der Waals surface area contributed by atoms with Crippen LogP contribution in [-0.2, 0) is 10.2 Å². The third-order valence-corrected chi connectivity index (χ3v) is 5.15. The number of nitrogens with one attached hydrogen (secondary N) is 2. The molecular weight excluding hydrogens is 300 g/mol. The standard InChI is InChI=1S/C12H17BrN2OS/c1-12(2,10-3-9(13)6-17-10)7-15-11(16)8-4-14-5-8/h3,6,8,14H,4-5,7H2,1-2H3,(H,15,16). The van der Waals surface area contributed by atoms with Gasteiger partial charge in [0.25, 0.3) is 0 Å². The molecule has 2 N–H and O–H groups in total. The molecule has 3 nitrogen and oxygen atoms in total. The van der Waals surface area contributed by atoms with Crippen molar-refractivity contribution in [2.24, 2.45) is 5.92 Å². The van der Waals surface area contributed by atoms with Gasteiger partial charge in [0, 0.05) is 39.8 Å². The first-order chi connectivity index (χ1) is 7.99. The summed E-state index contributed by atoms with van der Waals surface area (Å²) in [6, 6.07) is 2.13. The molecule has 1 aliphatic rings. The van der Waals surface area contributed by atoms with Crippen LogP contribution < -0.4 is 10.6 Å². The van der Waals surface area contributed by atoms with Crippen LogP contribution in [0.3, 0.4) is 0 Å². The van der Waals surface area contributed by atoms with Gasteiger partial charge in [0.2, 0.25) is 5.91 Å². The summed E-state index contributed by atoms with van der Waals surface area (Å²) in [6.45, 7) is 6.64. The van der Waals surface area contributed by atoms with Crippen molar-refractivity contribution in [2.75, 3.05) is 19.6 Å². The largest absolute Gasteiger partial charge is 0.355 e. The van der Waals surface area contributed by atoms with E-state index in [-0.39, 0.29) is 17.2 Å². The molecular formula is C12H17BrN2OS. The normalized spacial score (nSPS) is 16.6. The first-order valence-corrected chi connectivity index (χ1v) is 7.39. The second kappa shape index (κ2) is 5.08. The zero-order valence-corrected chi connectivity index (χ0v) is 12.5. The van der Waals surface area contributed by atoms with Crippen molar-refractivity contribution in [3.8, 4) is 0 Å². The summed E-state index contributed by atoms with van der Waals surface area (Å²) >= 11 is 5.19. The van der Waals surface area contributed by atoms with Gasteiger partial charge in [-0.1, -0.05) is 13.8 Å². The third kappa shape index (κ3) is 3.09. The van der Waals surface area contributed by atoms with E-state index in [1.807, 2.05) is 0 Å². The summed E-state index contributed by atoms with van der Waals surface area (Å²) in [4.78, 5) is 13.0. The highest BCUT2D eigenvalue weighted by molar-refractivity contribution is 9.10. The van der Waals surface area contributed by atoms with Crippen molar-refractivity contribution < 1.29 is 4.79 Å². The van der Waals surface area contributed by atoms with E-state index in [1.54, 1.807) is 11.3 Å². The molecule has 1 fully saturated rings. The van der Waals surface area contributed by atoms with E-state index in [1.165, 1.54) is 4.88 Å². The molecule has 0 aliphatic carbocycles. The number of halogens is 1. The van der Waals surface area contributed by atoms with Crippen molar-refractivity contribution in [1.82, 2.24) is 10.6 Å². The highest BCUT2D eigenvalue weighted by Gasteiger charge is 2.28. The molecule has 94 valence electrons. The van der Waals surface area contributed by atoms with Gasteiger partial charge in [0.1, 0.15) is 0 Å². The highest BCUT2D eigenvalue weighted by Crippen LogP contribution is 2.31. The SMILES string of the molecule is CC(C)(CNC(=O)C1CNC1)c1cc(Br)cs1. The molecule has 1 saturated heterocycles. The fraction of sp³-hybridized carbons (Fsp3) is 0.583. The number of hydrogen-bond donors (Lipinski definition) is 2. The zero-order chi connectivity index (χ0) is 12.5. The fourth-order valence-electron chi connectivity index (χ4n) is 1.68. The third-order valence-electron chi connectivity index (χ3n) is 3.09. The van der Waals surface area contributed by atoms with Gasteiger partial charge < -0.3 is 10.6 Å². The number of carbonyl (C=O) groups excluding carboxylic acids is 1. The predicted molar refractivity (Wildman–Crippen MR) is 74.4 cm³/mol.